The number of hydrogen-bond acceptors (Lipinski definition) is 6. The Balaban J connectivity index is 1.31. The summed E-state index contributed by atoms with van der Waals surface area (Å²) >= 11 is 0. The van der Waals surface area contributed by atoms with Crippen molar-refractivity contribution in [3.8, 4) is 5.75 Å². The Morgan fingerprint density at radius 1 is 1.00 bits per heavy atom. The molecule has 0 bridgehead atoms. The summed E-state index contributed by atoms with van der Waals surface area (Å²) in [5, 5.41) is 0. The van der Waals surface area contributed by atoms with Crippen LogP contribution in [0.2, 0.25) is 0 Å². The average molecular weight is 437 g/mol. The average Bonchev–Trinajstić information content (AvgIpc) is 3.29. The Hall–Kier alpha value is -3.23. The van der Waals surface area contributed by atoms with Gasteiger partial charge in [-0.05, 0) is 43.0 Å². The maximum absolute atomic E-state index is 13.0. The van der Waals surface area contributed by atoms with Gasteiger partial charge < -0.3 is 9.64 Å². The van der Waals surface area contributed by atoms with Crippen LogP contribution in [0.25, 0.3) is 0 Å². The highest BCUT2D eigenvalue weighted by Gasteiger charge is 2.38. The molecule has 0 aliphatic carbocycles. The second kappa shape index (κ2) is 9.93. The lowest BCUT2D eigenvalue weighted by Gasteiger charge is -2.33. The predicted octanol–water partition coefficient (Wildman–Crippen LogP) is 1.43. The Bertz CT molecular complexity index is 946. The Morgan fingerprint density at radius 3 is 2.34 bits per heavy atom. The summed E-state index contributed by atoms with van der Waals surface area (Å²) in [6.45, 7) is 2.71. The van der Waals surface area contributed by atoms with E-state index in [2.05, 4.69) is 10.9 Å². The first-order valence-corrected chi connectivity index (χ1v) is 10.9. The number of nitrogens with zero attached hydrogens (tertiary/aromatic N) is 2. The fourth-order valence-electron chi connectivity index (χ4n) is 4.10. The maximum atomic E-state index is 13.0. The fourth-order valence-corrected chi connectivity index (χ4v) is 4.10. The molecule has 0 spiro atoms. The van der Waals surface area contributed by atoms with E-state index in [4.69, 9.17) is 4.74 Å². The quantitative estimate of drug-likeness (QED) is 0.639. The van der Waals surface area contributed by atoms with E-state index in [1.807, 2.05) is 61.5 Å². The number of rotatable bonds is 7. The van der Waals surface area contributed by atoms with Crippen molar-refractivity contribution in [1.82, 2.24) is 20.7 Å². The standard InChI is InChI=1S/C24H28N4O4/c1-2-32-19-10-8-18(9-11-19)20-14-21(26-25-20)24(31)27-15-22(29)28(23(30)16-27)13-12-17-6-4-3-5-7-17/h3-11,20-21,25-26H,2,12-16H2,1H3. The zero-order valence-electron chi connectivity index (χ0n) is 18.1. The van der Waals surface area contributed by atoms with Gasteiger partial charge in [-0.3, -0.25) is 19.3 Å². The highest BCUT2D eigenvalue weighted by Crippen LogP contribution is 2.25. The van der Waals surface area contributed by atoms with Crippen molar-refractivity contribution in [3.63, 3.8) is 0 Å². The maximum Gasteiger partial charge on any atom is 0.248 e. The summed E-state index contributed by atoms with van der Waals surface area (Å²) < 4.78 is 5.47. The third-order valence-electron chi connectivity index (χ3n) is 5.83. The van der Waals surface area contributed by atoms with Crippen LogP contribution in [0.5, 0.6) is 5.75 Å². The van der Waals surface area contributed by atoms with Crippen molar-refractivity contribution in [3.05, 3.63) is 65.7 Å². The van der Waals surface area contributed by atoms with Gasteiger partial charge in [0.2, 0.25) is 17.7 Å². The van der Waals surface area contributed by atoms with Crippen molar-refractivity contribution in [2.75, 3.05) is 26.2 Å². The predicted molar refractivity (Wildman–Crippen MR) is 118 cm³/mol. The van der Waals surface area contributed by atoms with Crippen LogP contribution < -0.4 is 15.6 Å². The lowest BCUT2D eigenvalue weighted by Crippen LogP contribution is -2.58. The monoisotopic (exact) mass is 436 g/mol. The molecule has 8 nitrogen and oxygen atoms in total. The van der Waals surface area contributed by atoms with Gasteiger partial charge in [0.25, 0.3) is 0 Å². The Kier molecular flexibility index (Phi) is 6.82. The number of imide groups is 1. The summed E-state index contributed by atoms with van der Waals surface area (Å²) in [7, 11) is 0. The summed E-state index contributed by atoms with van der Waals surface area (Å²) in [4.78, 5) is 40.8. The molecule has 32 heavy (non-hydrogen) atoms. The topological polar surface area (TPSA) is 91.0 Å². The molecular formula is C24H28N4O4. The van der Waals surface area contributed by atoms with Crippen LogP contribution in [0.1, 0.15) is 30.5 Å². The van der Waals surface area contributed by atoms with Crippen LogP contribution >= 0.6 is 0 Å². The van der Waals surface area contributed by atoms with Gasteiger partial charge in [0.15, 0.2) is 0 Å². The molecule has 3 amide bonds. The molecule has 0 saturated carbocycles. The van der Waals surface area contributed by atoms with E-state index in [0.29, 0.717) is 26.0 Å². The van der Waals surface area contributed by atoms with E-state index in [1.165, 1.54) is 9.80 Å². The summed E-state index contributed by atoms with van der Waals surface area (Å²) in [5.41, 5.74) is 8.27. The molecule has 2 aliphatic heterocycles. The number of benzene rings is 2. The normalized spacial score (nSPS) is 21.2. The van der Waals surface area contributed by atoms with Crippen molar-refractivity contribution in [2.24, 2.45) is 0 Å². The molecule has 2 fully saturated rings. The van der Waals surface area contributed by atoms with E-state index in [9.17, 15) is 14.4 Å². The van der Waals surface area contributed by atoms with Crippen LogP contribution in [0.3, 0.4) is 0 Å². The highest BCUT2D eigenvalue weighted by molar-refractivity contribution is 6.03. The second-order valence-electron chi connectivity index (χ2n) is 8.00. The number of piperazine rings is 1. The van der Waals surface area contributed by atoms with Crippen LogP contribution in [-0.4, -0.2) is 59.8 Å². The first-order chi connectivity index (χ1) is 15.5. The van der Waals surface area contributed by atoms with Gasteiger partial charge in [0.05, 0.1) is 6.61 Å². The summed E-state index contributed by atoms with van der Waals surface area (Å²) in [6, 6.07) is 16.9. The van der Waals surface area contributed by atoms with Gasteiger partial charge in [-0.15, -0.1) is 0 Å². The second-order valence-corrected chi connectivity index (χ2v) is 8.00. The zero-order valence-corrected chi connectivity index (χ0v) is 18.1. The first kappa shape index (κ1) is 22.0. The van der Waals surface area contributed by atoms with Crippen molar-refractivity contribution >= 4 is 17.7 Å². The number of carbonyl (C=O) groups excluding carboxylic acids is 3. The third-order valence-corrected chi connectivity index (χ3v) is 5.83. The molecule has 2 aromatic rings. The molecular weight excluding hydrogens is 408 g/mol. The van der Waals surface area contributed by atoms with Gasteiger partial charge >= 0.3 is 0 Å². The van der Waals surface area contributed by atoms with Gasteiger partial charge in [-0.1, -0.05) is 42.5 Å². The third kappa shape index (κ3) is 4.98. The Morgan fingerprint density at radius 2 is 1.69 bits per heavy atom. The van der Waals surface area contributed by atoms with Crippen LogP contribution in [0.15, 0.2) is 54.6 Å². The van der Waals surface area contributed by atoms with Crippen LogP contribution in [-0.2, 0) is 20.8 Å². The van der Waals surface area contributed by atoms with Gasteiger partial charge in [0, 0.05) is 12.6 Å². The van der Waals surface area contributed by atoms with E-state index in [0.717, 1.165) is 16.9 Å². The lowest BCUT2D eigenvalue weighted by atomic mass is 10.0. The number of ether oxygens (including phenoxy) is 1. The summed E-state index contributed by atoms with van der Waals surface area (Å²) in [6.07, 6.45) is 1.13. The summed E-state index contributed by atoms with van der Waals surface area (Å²) in [5.74, 6) is -0.105. The van der Waals surface area contributed by atoms with Crippen molar-refractivity contribution in [2.45, 2.75) is 31.8 Å². The zero-order chi connectivity index (χ0) is 22.5. The molecule has 2 atom stereocenters. The molecule has 2 N–H and O–H groups in total. The number of amides is 3. The van der Waals surface area contributed by atoms with E-state index < -0.39 is 6.04 Å². The molecule has 168 valence electrons. The van der Waals surface area contributed by atoms with Crippen molar-refractivity contribution < 1.29 is 19.1 Å². The van der Waals surface area contributed by atoms with E-state index >= 15 is 0 Å². The van der Waals surface area contributed by atoms with Gasteiger partial charge in [0.1, 0.15) is 24.9 Å². The number of hydrogen-bond donors (Lipinski definition) is 2. The van der Waals surface area contributed by atoms with E-state index in [-0.39, 0.29) is 36.9 Å². The molecule has 4 rings (SSSR count). The molecule has 2 aromatic carbocycles. The van der Waals surface area contributed by atoms with Crippen LogP contribution in [0.4, 0.5) is 0 Å². The fraction of sp³-hybridized carbons (Fsp3) is 0.375. The number of hydrazine groups is 1. The van der Waals surface area contributed by atoms with Gasteiger partial charge in [-0.25, -0.2) is 10.9 Å². The minimum atomic E-state index is -0.497. The number of carbonyl (C=O) groups is 3. The Labute approximate surface area is 187 Å². The van der Waals surface area contributed by atoms with Gasteiger partial charge in [-0.2, -0.15) is 0 Å². The number of nitrogens with one attached hydrogen (secondary N) is 2. The molecule has 2 saturated heterocycles. The van der Waals surface area contributed by atoms with Crippen LogP contribution in [0, 0.1) is 0 Å². The lowest BCUT2D eigenvalue weighted by molar-refractivity contribution is -0.157. The largest absolute Gasteiger partial charge is 0.494 e. The minimum Gasteiger partial charge on any atom is -0.494 e. The highest BCUT2D eigenvalue weighted by atomic mass is 16.5. The molecule has 8 heteroatoms. The first-order valence-electron chi connectivity index (χ1n) is 10.9. The molecule has 2 aliphatic rings. The minimum absolute atomic E-state index is 0.0433. The smallest absolute Gasteiger partial charge is 0.248 e. The molecule has 2 unspecified atom stereocenters. The SMILES string of the molecule is CCOc1ccc(C2CC(C(=O)N3CC(=O)N(CCc4ccccc4)C(=O)C3)NN2)cc1. The van der Waals surface area contributed by atoms with Crippen molar-refractivity contribution in [1.29, 1.82) is 0 Å². The molecule has 0 radical (unpaired) electrons. The molecule has 0 aromatic heterocycles. The molecule has 2 heterocycles. The van der Waals surface area contributed by atoms with E-state index in [1.54, 1.807) is 0 Å².